The molecule has 0 unspecified atom stereocenters. The van der Waals surface area contributed by atoms with Gasteiger partial charge in [-0.3, -0.25) is 9.69 Å². The van der Waals surface area contributed by atoms with Crippen LogP contribution in [0.3, 0.4) is 0 Å². The predicted molar refractivity (Wildman–Crippen MR) is 131 cm³/mol. The lowest BCUT2D eigenvalue weighted by Crippen LogP contribution is -2.69. The predicted octanol–water partition coefficient (Wildman–Crippen LogP) is 3.68. The van der Waals surface area contributed by atoms with E-state index in [0.29, 0.717) is 43.3 Å². The van der Waals surface area contributed by atoms with Gasteiger partial charge in [-0.05, 0) is 42.5 Å². The molecule has 2 aromatic rings. The summed E-state index contributed by atoms with van der Waals surface area (Å²) in [6, 6.07) is 15.1. The number of rotatable bonds is 4. The number of hydrogen-bond donors (Lipinski definition) is 0. The zero-order valence-electron chi connectivity index (χ0n) is 20.0. The van der Waals surface area contributed by atoms with Crippen molar-refractivity contribution in [1.82, 2.24) is 4.90 Å². The fourth-order valence-electron chi connectivity index (χ4n) is 8.56. The van der Waals surface area contributed by atoms with Gasteiger partial charge in [-0.1, -0.05) is 42.0 Å². The number of ether oxygens (including phenoxy) is 3. The highest BCUT2D eigenvalue weighted by Crippen LogP contribution is 2.66. The van der Waals surface area contributed by atoms with E-state index in [4.69, 9.17) is 14.2 Å². The molecule has 6 nitrogen and oxygen atoms in total. The summed E-state index contributed by atoms with van der Waals surface area (Å²) >= 11 is 0. The Hall–Kier alpha value is -2.83. The van der Waals surface area contributed by atoms with Crippen molar-refractivity contribution in [2.45, 2.75) is 49.5 Å². The molecule has 2 bridgehead atoms. The molecule has 1 spiro atoms. The number of anilines is 1. The van der Waals surface area contributed by atoms with Gasteiger partial charge in [-0.15, -0.1) is 0 Å². The number of hydrogen-bond acceptors (Lipinski definition) is 5. The molecule has 1 saturated carbocycles. The Labute approximate surface area is 205 Å². The van der Waals surface area contributed by atoms with Crippen LogP contribution in [0.15, 0.2) is 54.1 Å². The summed E-state index contributed by atoms with van der Waals surface area (Å²) in [6.07, 6.45) is 5.04. The average Bonchev–Trinajstić information content (AvgIpc) is 3.35. The van der Waals surface area contributed by atoms with Gasteiger partial charge < -0.3 is 19.1 Å². The van der Waals surface area contributed by atoms with Crippen molar-refractivity contribution in [1.29, 1.82) is 0 Å². The van der Waals surface area contributed by atoms with Crippen molar-refractivity contribution in [3.05, 3.63) is 65.2 Å². The highest BCUT2D eigenvalue weighted by Gasteiger charge is 2.71. The smallest absolute Gasteiger partial charge is 0.229 e. The van der Waals surface area contributed by atoms with Crippen LogP contribution in [0, 0.1) is 11.8 Å². The summed E-state index contributed by atoms with van der Waals surface area (Å²) in [7, 11) is 1.69. The maximum absolute atomic E-state index is 13.7. The van der Waals surface area contributed by atoms with E-state index in [9.17, 15) is 4.79 Å². The summed E-state index contributed by atoms with van der Waals surface area (Å²) in [6.45, 7) is 3.25. The molecule has 0 aromatic heterocycles. The third kappa shape index (κ3) is 2.54. The van der Waals surface area contributed by atoms with Crippen molar-refractivity contribution in [2.24, 2.45) is 11.8 Å². The normalized spacial score (nSPS) is 35.9. The number of benzene rings is 2. The molecule has 5 heterocycles. The number of amides is 1. The number of nitrogens with zero attached hydrogens (tertiary/aromatic N) is 2. The molecule has 3 saturated heterocycles. The summed E-state index contributed by atoms with van der Waals surface area (Å²) in [5, 5.41) is 0. The van der Waals surface area contributed by atoms with Crippen LogP contribution in [0.2, 0.25) is 0 Å². The van der Waals surface area contributed by atoms with Gasteiger partial charge in [0.25, 0.3) is 0 Å². The monoisotopic (exact) mass is 470 g/mol. The third-order valence-corrected chi connectivity index (χ3v) is 9.83. The molecule has 6 heteroatoms. The third-order valence-electron chi connectivity index (χ3n) is 9.83. The Morgan fingerprint density at radius 1 is 1.17 bits per heavy atom. The lowest BCUT2D eigenvalue weighted by atomic mass is 9.53. The fourth-order valence-corrected chi connectivity index (χ4v) is 8.56. The molecular formula is C29H30N2O4. The van der Waals surface area contributed by atoms with Gasteiger partial charge in [-0.25, -0.2) is 0 Å². The minimum Gasteiger partial charge on any atom is -0.493 e. The van der Waals surface area contributed by atoms with Crippen molar-refractivity contribution >= 4 is 11.6 Å². The van der Waals surface area contributed by atoms with E-state index in [2.05, 4.69) is 40.1 Å². The second kappa shape index (κ2) is 7.11. The van der Waals surface area contributed by atoms with Gasteiger partial charge in [0.15, 0.2) is 11.5 Å². The topological polar surface area (TPSA) is 51.2 Å². The van der Waals surface area contributed by atoms with E-state index in [1.807, 2.05) is 18.2 Å². The van der Waals surface area contributed by atoms with Crippen LogP contribution in [0.25, 0.3) is 0 Å². The molecule has 4 fully saturated rings. The first-order valence-electron chi connectivity index (χ1n) is 12.9. The summed E-state index contributed by atoms with van der Waals surface area (Å²) in [5.41, 5.74) is 4.91. The van der Waals surface area contributed by atoms with Crippen LogP contribution in [-0.4, -0.2) is 55.8 Å². The minimum absolute atomic E-state index is 0.0116. The number of carbonyl (C=O) groups excluding carboxylic acids is 1. The van der Waals surface area contributed by atoms with Crippen molar-refractivity contribution < 1.29 is 19.0 Å². The number of piperidine rings is 2. The lowest BCUT2D eigenvalue weighted by Gasteiger charge is -2.58. The van der Waals surface area contributed by atoms with Gasteiger partial charge in [0.1, 0.15) is 6.61 Å². The molecule has 0 N–H and O–H groups in total. The number of carbonyl (C=O) groups is 1. The van der Waals surface area contributed by atoms with E-state index in [1.54, 1.807) is 12.7 Å². The SMILES string of the molecule is COc1cc2c(cc1OCc1ccccc1)[C@@]13CCN4CC5=CCO[C@H]6CC(=O)N2[C@H]1[C@H]6[C@H]5C[C@H]43. The van der Waals surface area contributed by atoms with Crippen LogP contribution in [0.4, 0.5) is 5.69 Å². The largest absolute Gasteiger partial charge is 0.493 e. The second-order valence-electron chi connectivity index (χ2n) is 11.1. The molecule has 1 amide bonds. The maximum Gasteiger partial charge on any atom is 0.229 e. The Kier molecular flexibility index (Phi) is 4.14. The van der Waals surface area contributed by atoms with E-state index in [0.717, 1.165) is 36.5 Å². The Balaban J connectivity index is 1.29. The molecule has 8 rings (SSSR count). The van der Waals surface area contributed by atoms with Crippen LogP contribution >= 0.6 is 0 Å². The van der Waals surface area contributed by atoms with Gasteiger partial charge in [0, 0.05) is 30.0 Å². The molecule has 180 valence electrons. The fraction of sp³-hybridized carbons (Fsp3) is 0.483. The van der Waals surface area contributed by atoms with E-state index in [1.165, 1.54) is 12.0 Å². The first-order valence-corrected chi connectivity index (χ1v) is 12.9. The average molecular weight is 471 g/mol. The van der Waals surface area contributed by atoms with Gasteiger partial charge in [0.2, 0.25) is 5.91 Å². The summed E-state index contributed by atoms with van der Waals surface area (Å²) in [4.78, 5) is 18.5. The van der Waals surface area contributed by atoms with Crippen molar-refractivity contribution in [3.63, 3.8) is 0 Å². The number of methoxy groups -OCH3 is 1. The highest BCUT2D eigenvalue weighted by atomic mass is 16.5. The quantitative estimate of drug-likeness (QED) is 0.638. The zero-order chi connectivity index (χ0) is 23.3. The lowest BCUT2D eigenvalue weighted by molar-refractivity contribution is -0.132. The molecule has 6 aliphatic rings. The maximum atomic E-state index is 13.7. The van der Waals surface area contributed by atoms with Crippen molar-refractivity contribution in [3.8, 4) is 11.5 Å². The van der Waals surface area contributed by atoms with Gasteiger partial charge in [-0.2, -0.15) is 0 Å². The molecule has 1 aliphatic carbocycles. The summed E-state index contributed by atoms with van der Waals surface area (Å²) in [5.74, 6) is 2.52. The minimum atomic E-state index is -0.0683. The van der Waals surface area contributed by atoms with E-state index < -0.39 is 0 Å². The van der Waals surface area contributed by atoms with Crippen LogP contribution in [0.1, 0.15) is 30.4 Å². The Morgan fingerprint density at radius 2 is 2.06 bits per heavy atom. The number of fused-ring (bicyclic) bond motifs is 2. The molecular weight excluding hydrogens is 440 g/mol. The Bertz CT molecular complexity index is 1260. The van der Waals surface area contributed by atoms with E-state index >= 15 is 0 Å². The first kappa shape index (κ1) is 20.4. The second-order valence-corrected chi connectivity index (χ2v) is 11.1. The van der Waals surface area contributed by atoms with Crippen LogP contribution < -0.4 is 14.4 Å². The van der Waals surface area contributed by atoms with Crippen molar-refractivity contribution in [2.75, 3.05) is 31.7 Å². The molecule has 2 aromatic carbocycles. The van der Waals surface area contributed by atoms with Gasteiger partial charge in [0.05, 0.1) is 38.0 Å². The standard InChI is InChI=1S/C29H30N2O4/c1-33-22-13-21-20(12-23(22)35-16-17-5-3-2-4-6-17)29-8-9-30-15-18-7-10-34-24-14-26(32)31(21)28(29)27(24)19(18)11-25(29)30/h2-7,12-13,19,24-25,27-28H,8-11,14-16H2,1H3/t19-,24-,25-,27-,28-,29+/m0/s1. The van der Waals surface area contributed by atoms with Gasteiger partial charge >= 0.3 is 0 Å². The molecule has 6 atom stereocenters. The summed E-state index contributed by atoms with van der Waals surface area (Å²) < 4.78 is 18.5. The van der Waals surface area contributed by atoms with E-state index in [-0.39, 0.29) is 23.5 Å². The Morgan fingerprint density at radius 3 is 2.91 bits per heavy atom. The zero-order valence-corrected chi connectivity index (χ0v) is 20.0. The highest BCUT2D eigenvalue weighted by molar-refractivity contribution is 5.99. The first-order chi connectivity index (χ1) is 17.2. The van der Waals surface area contributed by atoms with Crippen LogP contribution in [0.5, 0.6) is 11.5 Å². The molecule has 0 radical (unpaired) electrons. The van der Waals surface area contributed by atoms with Crippen LogP contribution in [-0.2, 0) is 21.6 Å². The molecule has 35 heavy (non-hydrogen) atoms. The molecule has 5 aliphatic heterocycles.